The zero-order valence-corrected chi connectivity index (χ0v) is 18.1. The van der Waals surface area contributed by atoms with Gasteiger partial charge in [0.15, 0.2) is 11.5 Å². The van der Waals surface area contributed by atoms with Crippen LogP contribution < -0.4 is 19.5 Å². The normalized spacial score (nSPS) is 14.6. The molecule has 2 aromatic carbocycles. The van der Waals surface area contributed by atoms with E-state index in [0.29, 0.717) is 35.5 Å². The summed E-state index contributed by atoms with van der Waals surface area (Å²) < 4.78 is 17.8. The van der Waals surface area contributed by atoms with Crippen LogP contribution in [0.15, 0.2) is 36.4 Å². The molecular weight excluding hydrogens is 402 g/mol. The Morgan fingerprint density at radius 1 is 1.13 bits per heavy atom. The van der Waals surface area contributed by atoms with Gasteiger partial charge in [-0.2, -0.15) is 0 Å². The molecule has 0 atom stereocenters. The molecule has 158 valence electrons. The Morgan fingerprint density at radius 2 is 1.90 bits per heavy atom. The highest BCUT2D eigenvalue weighted by atomic mass is 32.1. The number of hydrogen-bond donors (Lipinski definition) is 1. The molecule has 0 unspecified atom stereocenters. The van der Waals surface area contributed by atoms with E-state index in [1.54, 1.807) is 48.7 Å². The topological polar surface area (TPSA) is 72.9 Å². The average molecular weight is 428 g/mol. The molecule has 2 heterocycles. The molecule has 3 aromatic rings. The van der Waals surface area contributed by atoms with E-state index in [2.05, 4.69) is 29.4 Å². The average Bonchev–Trinajstić information content (AvgIpc) is 3.18. The van der Waals surface area contributed by atoms with E-state index in [9.17, 15) is 4.79 Å². The van der Waals surface area contributed by atoms with Crippen LogP contribution in [0.4, 0.5) is 10.5 Å². The van der Waals surface area contributed by atoms with Crippen molar-refractivity contribution in [2.75, 3.05) is 32.6 Å². The third-order valence-electron chi connectivity index (χ3n) is 5.23. The van der Waals surface area contributed by atoms with Crippen molar-refractivity contribution in [3.8, 4) is 16.7 Å². The number of anilines is 1. The number of para-hydroxylation sites is 1. The SMILES string of the molecule is COc1ccc(NC(=O)N2CCC(Oc3nc4c(C)cccc4s3)CC2)cc1OC. The molecule has 1 fully saturated rings. The summed E-state index contributed by atoms with van der Waals surface area (Å²) in [4.78, 5) is 19.1. The van der Waals surface area contributed by atoms with Gasteiger partial charge in [-0.25, -0.2) is 9.78 Å². The molecule has 0 spiro atoms. The van der Waals surface area contributed by atoms with Gasteiger partial charge < -0.3 is 24.4 Å². The number of aromatic nitrogens is 1. The number of likely N-dealkylation sites (tertiary alicyclic amines) is 1. The Labute approximate surface area is 179 Å². The van der Waals surface area contributed by atoms with Crippen molar-refractivity contribution in [1.29, 1.82) is 0 Å². The van der Waals surface area contributed by atoms with Crippen LogP contribution in [0, 0.1) is 6.92 Å². The summed E-state index contributed by atoms with van der Waals surface area (Å²) in [6.45, 7) is 3.32. The molecule has 1 aromatic heterocycles. The van der Waals surface area contributed by atoms with Crippen molar-refractivity contribution < 1.29 is 19.0 Å². The minimum atomic E-state index is -0.128. The predicted molar refractivity (Wildman–Crippen MR) is 118 cm³/mol. The molecule has 0 bridgehead atoms. The van der Waals surface area contributed by atoms with Crippen molar-refractivity contribution in [2.45, 2.75) is 25.9 Å². The summed E-state index contributed by atoms with van der Waals surface area (Å²) in [5.74, 6) is 1.20. The number of methoxy groups -OCH3 is 2. The summed E-state index contributed by atoms with van der Waals surface area (Å²) in [6, 6.07) is 11.3. The van der Waals surface area contributed by atoms with E-state index in [0.717, 1.165) is 28.6 Å². The molecule has 30 heavy (non-hydrogen) atoms. The Hall–Kier alpha value is -3.00. The zero-order valence-electron chi connectivity index (χ0n) is 17.3. The monoisotopic (exact) mass is 427 g/mol. The zero-order chi connectivity index (χ0) is 21.1. The molecule has 8 heteroatoms. The van der Waals surface area contributed by atoms with Crippen LogP contribution in [0.5, 0.6) is 16.7 Å². The first kappa shape index (κ1) is 20.3. The lowest BCUT2D eigenvalue weighted by molar-refractivity contribution is 0.115. The Morgan fingerprint density at radius 3 is 2.60 bits per heavy atom. The van der Waals surface area contributed by atoms with E-state index in [1.165, 1.54) is 0 Å². The molecule has 0 aliphatic carbocycles. The Bertz CT molecular complexity index is 1040. The summed E-state index contributed by atoms with van der Waals surface area (Å²) in [5, 5.41) is 3.63. The lowest BCUT2D eigenvalue weighted by Gasteiger charge is -2.31. The van der Waals surface area contributed by atoms with Crippen molar-refractivity contribution in [3.63, 3.8) is 0 Å². The largest absolute Gasteiger partial charge is 0.493 e. The van der Waals surface area contributed by atoms with E-state index in [-0.39, 0.29) is 12.1 Å². The number of carbonyl (C=O) groups excluding carboxylic acids is 1. The third-order valence-corrected chi connectivity index (χ3v) is 6.14. The first-order chi connectivity index (χ1) is 14.6. The highest BCUT2D eigenvalue weighted by Crippen LogP contribution is 2.32. The molecule has 0 radical (unpaired) electrons. The molecule has 0 saturated carbocycles. The van der Waals surface area contributed by atoms with Crippen molar-refractivity contribution >= 4 is 33.3 Å². The first-order valence-electron chi connectivity index (χ1n) is 9.88. The summed E-state index contributed by atoms with van der Waals surface area (Å²) in [6.07, 6.45) is 1.61. The molecule has 7 nitrogen and oxygen atoms in total. The van der Waals surface area contributed by atoms with Crippen LogP contribution >= 0.6 is 11.3 Å². The fourth-order valence-corrected chi connectivity index (χ4v) is 4.51. The molecule has 2 amide bonds. The number of aryl methyl sites for hydroxylation is 1. The summed E-state index contributed by atoms with van der Waals surface area (Å²) in [7, 11) is 3.15. The number of piperidine rings is 1. The number of amides is 2. The van der Waals surface area contributed by atoms with Crippen LogP contribution in [0.2, 0.25) is 0 Å². The van der Waals surface area contributed by atoms with Gasteiger partial charge in [-0.3, -0.25) is 0 Å². The lowest BCUT2D eigenvalue weighted by Crippen LogP contribution is -2.43. The van der Waals surface area contributed by atoms with E-state index >= 15 is 0 Å². The molecule has 4 rings (SSSR count). The second kappa shape index (κ2) is 8.79. The number of rotatable bonds is 5. The highest BCUT2D eigenvalue weighted by molar-refractivity contribution is 7.20. The van der Waals surface area contributed by atoms with Crippen molar-refractivity contribution in [1.82, 2.24) is 9.88 Å². The van der Waals surface area contributed by atoms with Gasteiger partial charge in [0.2, 0.25) is 0 Å². The van der Waals surface area contributed by atoms with Gasteiger partial charge in [-0.1, -0.05) is 23.5 Å². The van der Waals surface area contributed by atoms with Crippen molar-refractivity contribution in [2.24, 2.45) is 0 Å². The van der Waals surface area contributed by atoms with Crippen LogP contribution in [-0.4, -0.2) is 49.3 Å². The quantitative estimate of drug-likeness (QED) is 0.639. The maximum Gasteiger partial charge on any atom is 0.321 e. The van der Waals surface area contributed by atoms with Crippen molar-refractivity contribution in [3.05, 3.63) is 42.0 Å². The minimum absolute atomic E-state index is 0.0657. The van der Waals surface area contributed by atoms with Crippen LogP contribution in [0.1, 0.15) is 18.4 Å². The number of nitrogens with one attached hydrogen (secondary N) is 1. The number of carbonyl (C=O) groups is 1. The fraction of sp³-hybridized carbons (Fsp3) is 0.364. The second-order valence-electron chi connectivity index (χ2n) is 7.21. The third kappa shape index (κ3) is 4.28. The van der Waals surface area contributed by atoms with Gasteiger partial charge in [-0.15, -0.1) is 0 Å². The van der Waals surface area contributed by atoms with E-state index in [4.69, 9.17) is 14.2 Å². The molecular formula is C22H25N3O4S. The predicted octanol–water partition coefficient (Wildman–Crippen LogP) is 4.70. The molecule has 1 aliphatic heterocycles. The number of ether oxygens (including phenoxy) is 3. The fourth-order valence-electron chi connectivity index (χ4n) is 3.55. The van der Waals surface area contributed by atoms with Gasteiger partial charge >= 0.3 is 6.03 Å². The van der Waals surface area contributed by atoms with Gasteiger partial charge in [0.25, 0.3) is 5.19 Å². The minimum Gasteiger partial charge on any atom is -0.493 e. The van der Waals surface area contributed by atoms with Crippen LogP contribution in [0.3, 0.4) is 0 Å². The summed E-state index contributed by atoms with van der Waals surface area (Å²) in [5.41, 5.74) is 2.82. The number of fused-ring (bicyclic) bond motifs is 1. The number of benzene rings is 2. The molecule has 1 aliphatic rings. The smallest absolute Gasteiger partial charge is 0.321 e. The summed E-state index contributed by atoms with van der Waals surface area (Å²) >= 11 is 1.57. The Kier molecular flexibility index (Phi) is 5.94. The van der Waals surface area contributed by atoms with Gasteiger partial charge in [0.05, 0.1) is 24.4 Å². The van der Waals surface area contributed by atoms with Gasteiger partial charge in [0, 0.05) is 37.7 Å². The van der Waals surface area contributed by atoms with E-state index < -0.39 is 0 Å². The number of urea groups is 1. The lowest BCUT2D eigenvalue weighted by atomic mass is 10.1. The van der Waals surface area contributed by atoms with Crippen LogP contribution in [0.25, 0.3) is 10.2 Å². The molecule has 1 saturated heterocycles. The number of hydrogen-bond acceptors (Lipinski definition) is 6. The van der Waals surface area contributed by atoms with Gasteiger partial charge in [0.1, 0.15) is 6.10 Å². The van der Waals surface area contributed by atoms with Crippen LogP contribution in [-0.2, 0) is 0 Å². The Balaban J connectivity index is 1.32. The van der Waals surface area contributed by atoms with E-state index in [1.807, 2.05) is 6.07 Å². The maximum absolute atomic E-state index is 12.6. The molecule has 1 N–H and O–H groups in total. The first-order valence-corrected chi connectivity index (χ1v) is 10.7. The number of thiazole rings is 1. The maximum atomic E-state index is 12.6. The highest BCUT2D eigenvalue weighted by Gasteiger charge is 2.25. The van der Waals surface area contributed by atoms with Gasteiger partial charge in [-0.05, 0) is 30.7 Å². The second-order valence-corrected chi connectivity index (χ2v) is 8.20. The number of nitrogens with zero attached hydrogens (tertiary/aromatic N) is 2. The standard InChI is InChI=1S/C22H25N3O4S/c1-14-5-4-6-19-20(14)24-22(30-19)29-16-9-11-25(12-10-16)21(26)23-15-7-8-17(27-2)18(13-15)28-3/h4-8,13,16H,9-12H2,1-3H3,(H,23,26).